The lowest BCUT2D eigenvalue weighted by Gasteiger charge is -2.22. The Morgan fingerprint density at radius 2 is 2.00 bits per heavy atom. The molecule has 0 unspecified atom stereocenters. The van der Waals surface area contributed by atoms with Gasteiger partial charge in [-0.3, -0.25) is 0 Å². The molecule has 0 spiro atoms. The van der Waals surface area contributed by atoms with Crippen molar-refractivity contribution >= 4 is 25.8 Å². The molecule has 0 N–H and O–H groups in total. The summed E-state index contributed by atoms with van der Waals surface area (Å²) >= 11 is 3.21. The highest BCUT2D eigenvalue weighted by Gasteiger charge is 2.31. The van der Waals surface area contributed by atoms with Crippen LogP contribution in [0.3, 0.4) is 0 Å². The van der Waals surface area contributed by atoms with Gasteiger partial charge in [-0.05, 0) is 5.92 Å². The molecule has 1 saturated heterocycles. The minimum Gasteiger partial charge on any atom is -0.229 e. The average molecular weight is 199 g/mol. The molecule has 0 atom stereocenters. The Bertz CT molecular complexity index is 160. The third kappa shape index (κ3) is 1.23. The van der Waals surface area contributed by atoms with Gasteiger partial charge in [-0.15, -0.1) is 0 Å². The van der Waals surface area contributed by atoms with Gasteiger partial charge in [-0.25, -0.2) is 8.42 Å². The molecule has 2 nitrogen and oxygen atoms in total. The van der Waals surface area contributed by atoms with Crippen molar-refractivity contribution in [1.82, 2.24) is 0 Å². The zero-order valence-electron chi connectivity index (χ0n) is 4.30. The third-order valence-electron chi connectivity index (χ3n) is 1.20. The first-order valence-electron chi connectivity index (χ1n) is 2.40. The summed E-state index contributed by atoms with van der Waals surface area (Å²) in [5.74, 6) is 1.16. The van der Waals surface area contributed by atoms with E-state index in [4.69, 9.17) is 0 Å². The standard InChI is InChI=1S/C4H7BrO2S/c5-1-4-2-8(6,7)3-4/h4H,1-3H2. The number of halogens is 1. The average Bonchev–Trinajstić information content (AvgIpc) is 1.60. The van der Waals surface area contributed by atoms with E-state index >= 15 is 0 Å². The lowest BCUT2D eigenvalue weighted by Crippen LogP contribution is -2.37. The Balaban J connectivity index is 2.43. The second-order valence-corrected chi connectivity index (χ2v) is 4.90. The summed E-state index contributed by atoms with van der Waals surface area (Å²) < 4.78 is 20.9. The van der Waals surface area contributed by atoms with Gasteiger partial charge in [0.15, 0.2) is 9.84 Å². The summed E-state index contributed by atoms with van der Waals surface area (Å²) in [6.07, 6.45) is 0. The predicted molar refractivity (Wildman–Crippen MR) is 35.9 cm³/mol. The van der Waals surface area contributed by atoms with Crippen molar-refractivity contribution in [3.63, 3.8) is 0 Å². The van der Waals surface area contributed by atoms with Crippen molar-refractivity contribution < 1.29 is 8.42 Å². The molecule has 0 aliphatic carbocycles. The maximum absolute atomic E-state index is 10.4. The highest BCUT2D eigenvalue weighted by Crippen LogP contribution is 2.19. The van der Waals surface area contributed by atoms with Gasteiger partial charge in [0.1, 0.15) is 0 Å². The van der Waals surface area contributed by atoms with Gasteiger partial charge in [-0.2, -0.15) is 0 Å². The van der Waals surface area contributed by atoms with Crippen molar-refractivity contribution in [3.8, 4) is 0 Å². The third-order valence-corrected chi connectivity index (χ3v) is 4.07. The first kappa shape index (κ1) is 6.55. The Morgan fingerprint density at radius 3 is 2.12 bits per heavy atom. The van der Waals surface area contributed by atoms with E-state index in [2.05, 4.69) is 15.9 Å². The van der Waals surface area contributed by atoms with E-state index in [0.29, 0.717) is 17.4 Å². The lowest BCUT2D eigenvalue weighted by molar-refractivity contribution is 0.546. The summed E-state index contributed by atoms with van der Waals surface area (Å²) in [6, 6.07) is 0. The number of alkyl halides is 1. The van der Waals surface area contributed by atoms with Crippen LogP contribution in [0.15, 0.2) is 0 Å². The molecule has 0 saturated carbocycles. The van der Waals surface area contributed by atoms with E-state index in [0.717, 1.165) is 5.33 Å². The van der Waals surface area contributed by atoms with Gasteiger partial charge in [0.2, 0.25) is 0 Å². The summed E-state index contributed by atoms with van der Waals surface area (Å²) in [6.45, 7) is 0. The zero-order chi connectivity index (χ0) is 6.20. The zero-order valence-corrected chi connectivity index (χ0v) is 6.70. The molecule has 1 rings (SSSR count). The summed E-state index contributed by atoms with van der Waals surface area (Å²) in [5, 5.41) is 0.826. The smallest absolute Gasteiger partial charge is 0.150 e. The second-order valence-electron chi connectivity index (χ2n) is 2.10. The van der Waals surface area contributed by atoms with Crippen LogP contribution < -0.4 is 0 Å². The topological polar surface area (TPSA) is 34.1 Å². The molecule has 1 fully saturated rings. The summed E-state index contributed by atoms with van der Waals surface area (Å²) in [4.78, 5) is 0. The van der Waals surface area contributed by atoms with Crippen molar-refractivity contribution in [2.24, 2.45) is 5.92 Å². The number of rotatable bonds is 1. The molecule has 0 aromatic carbocycles. The van der Waals surface area contributed by atoms with Crippen LogP contribution in [0.5, 0.6) is 0 Å². The van der Waals surface area contributed by atoms with E-state index in [1.54, 1.807) is 0 Å². The highest BCUT2D eigenvalue weighted by molar-refractivity contribution is 9.09. The van der Waals surface area contributed by atoms with Gasteiger partial charge < -0.3 is 0 Å². The van der Waals surface area contributed by atoms with Crippen LogP contribution in [0.2, 0.25) is 0 Å². The minimum absolute atomic E-state index is 0.387. The summed E-state index contributed by atoms with van der Waals surface area (Å²) in [7, 11) is -2.57. The van der Waals surface area contributed by atoms with Crippen molar-refractivity contribution in [3.05, 3.63) is 0 Å². The van der Waals surface area contributed by atoms with E-state index < -0.39 is 9.84 Å². The number of hydrogen-bond donors (Lipinski definition) is 0. The molecular weight excluding hydrogens is 192 g/mol. The minimum atomic E-state index is -2.57. The molecule has 0 aromatic heterocycles. The molecular formula is C4H7BrO2S. The first-order chi connectivity index (χ1) is 3.64. The molecule has 1 heterocycles. The highest BCUT2D eigenvalue weighted by atomic mass is 79.9. The second kappa shape index (κ2) is 1.99. The molecule has 48 valence electrons. The van der Waals surface area contributed by atoms with Crippen LogP contribution >= 0.6 is 15.9 Å². The van der Waals surface area contributed by atoms with Crippen molar-refractivity contribution in [2.45, 2.75) is 0 Å². The predicted octanol–water partition coefficient (Wildman–Crippen LogP) is 0.426. The van der Waals surface area contributed by atoms with Gasteiger partial charge in [0.25, 0.3) is 0 Å². The SMILES string of the molecule is O=S1(=O)CC(CBr)C1. The van der Waals surface area contributed by atoms with Crippen LogP contribution in [-0.4, -0.2) is 25.3 Å². The van der Waals surface area contributed by atoms with Crippen LogP contribution in [0, 0.1) is 5.92 Å². The monoisotopic (exact) mass is 198 g/mol. The normalized spacial score (nSPS) is 27.1. The van der Waals surface area contributed by atoms with E-state index in [1.165, 1.54) is 0 Å². The molecule has 1 aliphatic heterocycles. The van der Waals surface area contributed by atoms with Crippen molar-refractivity contribution in [2.75, 3.05) is 16.8 Å². The van der Waals surface area contributed by atoms with Gasteiger partial charge in [0, 0.05) is 5.33 Å². The molecule has 1 aliphatic rings. The first-order valence-corrected chi connectivity index (χ1v) is 5.35. The fourth-order valence-electron chi connectivity index (χ4n) is 0.759. The lowest BCUT2D eigenvalue weighted by atomic mass is 10.2. The molecule has 0 bridgehead atoms. The van der Waals surface area contributed by atoms with E-state index in [-0.39, 0.29) is 0 Å². The Morgan fingerprint density at radius 1 is 1.50 bits per heavy atom. The largest absolute Gasteiger partial charge is 0.229 e. The Hall–Kier alpha value is 0.430. The molecule has 0 radical (unpaired) electrons. The van der Waals surface area contributed by atoms with E-state index in [9.17, 15) is 8.42 Å². The Labute approximate surface area is 57.3 Å². The van der Waals surface area contributed by atoms with Gasteiger partial charge in [-0.1, -0.05) is 15.9 Å². The molecule has 4 heteroatoms. The number of sulfone groups is 1. The van der Waals surface area contributed by atoms with Crippen LogP contribution in [0.1, 0.15) is 0 Å². The molecule has 0 amide bonds. The molecule has 8 heavy (non-hydrogen) atoms. The van der Waals surface area contributed by atoms with Crippen molar-refractivity contribution in [1.29, 1.82) is 0 Å². The van der Waals surface area contributed by atoms with E-state index in [1.807, 2.05) is 0 Å². The van der Waals surface area contributed by atoms with Gasteiger partial charge >= 0.3 is 0 Å². The van der Waals surface area contributed by atoms with Gasteiger partial charge in [0.05, 0.1) is 11.5 Å². The van der Waals surface area contributed by atoms with Crippen LogP contribution in [0.4, 0.5) is 0 Å². The summed E-state index contributed by atoms with van der Waals surface area (Å²) in [5.41, 5.74) is 0. The fraction of sp³-hybridized carbons (Fsp3) is 1.00. The fourth-order valence-corrected chi connectivity index (χ4v) is 3.40. The van der Waals surface area contributed by atoms with Crippen LogP contribution in [-0.2, 0) is 9.84 Å². The van der Waals surface area contributed by atoms with Crippen LogP contribution in [0.25, 0.3) is 0 Å². The quantitative estimate of drug-likeness (QED) is 0.573. The maximum Gasteiger partial charge on any atom is 0.150 e. The maximum atomic E-state index is 10.4. The Kier molecular flexibility index (Phi) is 1.63. The molecule has 0 aromatic rings. The number of hydrogen-bond acceptors (Lipinski definition) is 2.